The number of hydrogen-bond acceptors (Lipinski definition) is 8. The van der Waals surface area contributed by atoms with Crippen molar-refractivity contribution >= 4 is 50.2 Å². The summed E-state index contributed by atoms with van der Waals surface area (Å²) in [4.78, 5) is 53.3. The van der Waals surface area contributed by atoms with E-state index in [1.807, 2.05) is 29.0 Å². The number of anilines is 2. The fraction of sp³-hybridized carbons (Fsp3) is 0.348. The molecule has 0 aliphatic carbocycles. The maximum absolute atomic E-state index is 15.7. The zero-order valence-corrected chi connectivity index (χ0v) is 35.1. The van der Waals surface area contributed by atoms with Crippen LogP contribution in [0.1, 0.15) is 63.1 Å². The van der Waals surface area contributed by atoms with Crippen molar-refractivity contribution in [1.82, 2.24) is 29.4 Å². The van der Waals surface area contributed by atoms with Gasteiger partial charge in [-0.2, -0.15) is 12.7 Å². The first-order chi connectivity index (χ1) is 30.2. The number of benzene rings is 3. The third-order valence-electron chi connectivity index (χ3n) is 13.1. The lowest BCUT2D eigenvalue weighted by Crippen LogP contribution is -2.72. The van der Waals surface area contributed by atoms with Crippen molar-refractivity contribution in [2.45, 2.75) is 50.9 Å². The number of aromatic amines is 1. The lowest BCUT2D eigenvalue weighted by atomic mass is 9.72. The number of amides is 2. The van der Waals surface area contributed by atoms with Gasteiger partial charge in [-0.1, -0.05) is 30.8 Å². The lowest BCUT2D eigenvalue weighted by Gasteiger charge is -2.61. The normalized spacial score (nSPS) is 21.2. The lowest BCUT2D eigenvalue weighted by molar-refractivity contribution is -0.126. The zero-order chi connectivity index (χ0) is 43.8. The summed E-state index contributed by atoms with van der Waals surface area (Å²) < 4.78 is 72.9. The molecule has 1 spiro atoms. The standard InChI is InChI=1S/C46H45F3N8O5S/c1-27-4-13-39(44(59)52-27)57-21-31-17-33(9-10-34(31)45(57)60)55-25-46(26-55)23-54(24-46)15-2-3-28-5-7-29(8-6-28)30-18-35-36(20-51-43(35)50-19-30)42(58)40-37(48)11-12-38(41(40)49)53-63(61,62)56-16-14-32(47)22-56/h5-12,17-20,32,39,53H,1-4,13-16,21-26H2,(H,50,51)(H,52,59)/t32-,39?/m1/s1. The average Bonchev–Trinajstić information content (AvgIpc) is 3.96. The predicted molar refractivity (Wildman–Crippen MR) is 231 cm³/mol. The van der Waals surface area contributed by atoms with E-state index in [9.17, 15) is 27.2 Å². The average molecular weight is 879 g/mol. The Labute approximate surface area is 362 Å². The van der Waals surface area contributed by atoms with Gasteiger partial charge in [0.2, 0.25) is 11.7 Å². The number of carbonyl (C=O) groups is 3. The van der Waals surface area contributed by atoms with Gasteiger partial charge in [-0.05, 0) is 91.7 Å². The highest BCUT2D eigenvalue weighted by atomic mass is 32.2. The monoisotopic (exact) mass is 878 g/mol. The maximum Gasteiger partial charge on any atom is 0.301 e. The molecule has 3 N–H and O–H groups in total. The molecule has 4 fully saturated rings. The van der Waals surface area contributed by atoms with Gasteiger partial charge in [0.1, 0.15) is 23.7 Å². The highest BCUT2D eigenvalue weighted by molar-refractivity contribution is 7.90. The number of halogens is 3. The van der Waals surface area contributed by atoms with Crippen molar-refractivity contribution in [1.29, 1.82) is 0 Å². The molecule has 2 aromatic heterocycles. The van der Waals surface area contributed by atoms with Gasteiger partial charge in [0, 0.05) is 97.1 Å². The molecule has 3 aromatic carbocycles. The van der Waals surface area contributed by atoms with E-state index in [1.54, 1.807) is 17.2 Å². The summed E-state index contributed by atoms with van der Waals surface area (Å²) in [6, 6.07) is 17.1. The highest BCUT2D eigenvalue weighted by Gasteiger charge is 2.51. The Hall–Kier alpha value is -6.04. The minimum absolute atomic E-state index is 0.00716. The molecule has 2 amide bonds. The molecule has 0 bridgehead atoms. The Morgan fingerprint density at radius 3 is 2.52 bits per heavy atom. The molecule has 5 aromatic rings. The third kappa shape index (κ3) is 7.54. The summed E-state index contributed by atoms with van der Waals surface area (Å²) >= 11 is 0. The SMILES string of the molecule is C=C1CCC(N2Cc3cc(N4CC5(CN(CCCc6ccc(-c7cnc8[nH]cc(C(=O)c9c(F)ccc(NS(=O)(=O)N%10CC[C@@H](F)C%10)c9F)c8c7)cc6)C5)C4)ccc3C2=O)C(=O)N1. The van der Waals surface area contributed by atoms with Crippen LogP contribution in [0.3, 0.4) is 0 Å². The number of aryl methyl sites for hydroxylation is 1. The zero-order valence-electron chi connectivity index (χ0n) is 34.3. The molecule has 7 heterocycles. The first-order valence-electron chi connectivity index (χ1n) is 21.2. The maximum atomic E-state index is 15.7. The van der Waals surface area contributed by atoms with Crippen LogP contribution in [-0.2, 0) is 28.0 Å². The molecule has 4 saturated heterocycles. The summed E-state index contributed by atoms with van der Waals surface area (Å²) in [5.41, 5.74) is 5.20. The van der Waals surface area contributed by atoms with Gasteiger partial charge < -0.3 is 25.0 Å². The van der Waals surface area contributed by atoms with Gasteiger partial charge in [0.05, 0.1) is 11.3 Å². The molecule has 5 aliphatic rings. The predicted octanol–water partition coefficient (Wildman–Crippen LogP) is 5.94. The molecule has 0 saturated carbocycles. The fourth-order valence-electron chi connectivity index (χ4n) is 9.85. The number of alkyl halides is 1. The highest BCUT2D eigenvalue weighted by Crippen LogP contribution is 2.43. The van der Waals surface area contributed by atoms with Crippen molar-refractivity contribution in [2.75, 3.05) is 55.4 Å². The number of nitrogens with one attached hydrogen (secondary N) is 3. The number of rotatable bonds is 12. The van der Waals surface area contributed by atoms with Crippen molar-refractivity contribution < 1.29 is 36.0 Å². The molecule has 10 rings (SSSR count). The van der Waals surface area contributed by atoms with Gasteiger partial charge in [0.15, 0.2) is 5.82 Å². The molecule has 2 atom stereocenters. The second-order valence-corrected chi connectivity index (χ2v) is 19.2. The van der Waals surface area contributed by atoms with Crippen molar-refractivity contribution in [3.63, 3.8) is 0 Å². The first-order valence-corrected chi connectivity index (χ1v) is 22.6. The van der Waals surface area contributed by atoms with Gasteiger partial charge >= 0.3 is 10.2 Å². The first kappa shape index (κ1) is 41.0. The van der Waals surface area contributed by atoms with Crippen LogP contribution in [0, 0.1) is 17.0 Å². The number of nitrogens with zero attached hydrogens (tertiary/aromatic N) is 5. The number of carbonyl (C=O) groups excluding carboxylic acids is 3. The molecule has 0 radical (unpaired) electrons. The Morgan fingerprint density at radius 2 is 1.78 bits per heavy atom. The Bertz CT molecular complexity index is 2820. The minimum Gasteiger partial charge on any atom is -0.370 e. The van der Waals surface area contributed by atoms with E-state index < -0.39 is 51.1 Å². The van der Waals surface area contributed by atoms with E-state index in [1.165, 1.54) is 11.8 Å². The Balaban J connectivity index is 0.722. The van der Waals surface area contributed by atoms with Gasteiger partial charge in [0.25, 0.3) is 5.91 Å². The number of allylic oxidation sites excluding steroid dienone is 1. The number of piperidine rings is 1. The van der Waals surface area contributed by atoms with Crippen LogP contribution in [0.25, 0.3) is 22.2 Å². The van der Waals surface area contributed by atoms with Crippen LogP contribution in [0.5, 0.6) is 0 Å². The smallest absolute Gasteiger partial charge is 0.301 e. The summed E-state index contributed by atoms with van der Waals surface area (Å²) in [5, 5.41) is 3.14. The number of pyridine rings is 1. The van der Waals surface area contributed by atoms with Crippen molar-refractivity contribution in [2.24, 2.45) is 5.41 Å². The fourth-order valence-corrected chi connectivity index (χ4v) is 11.1. The van der Waals surface area contributed by atoms with E-state index in [2.05, 4.69) is 49.9 Å². The molecule has 17 heteroatoms. The van der Waals surface area contributed by atoms with Gasteiger partial charge in [-0.15, -0.1) is 0 Å². The van der Waals surface area contributed by atoms with Crippen LogP contribution in [-0.4, -0.2) is 108 Å². The number of ketones is 1. The van der Waals surface area contributed by atoms with Crippen LogP contribution >= 0.6 is 0 Å². The van der Waals surface area contributed by atoms with Crippen LogP contribution in [0.2, 0.25) is 0 Å². The summed E-state index contributed by atoms with van der Waals surface area (Å²) in [7, 11) is -4.35. The van der Waals surface area contributed by atoms with Crippen LogP contribution < -0.4 is 14.9 Å². The number of likely N-dealkylation sites (tertiary alicyclic amines) is 1. The Kier molecular flexibility index (Phi) is 10.2. The topological polar surface area (TPSA) is 151 Å². The molecule has 5 aliphatic heterocycles. The van der Waals surface area contributed by atoms with E-state index in [0.717, 1.165) is 78.8 Å². The van der Waals surface area contributed by atoms with Crippen molar-refractivity contribution in [3.8, 4) is 11.1 Å². The molecular formula is C46H45F3N8O5S. The molecule has 326 valence electrons. The van der Waals surface area contributed by atoms with Crippen LogP contribution in [0.15, 0.2) is 85.3 Å². The van der Waals surface area contributed by atoms with Gasteiger partial charge in [-0.3, -0.25) is 19.1 Å². The molecular weight excluding hydrogens is 834 g/mol. The Morgan fingerprint density at radius 1 is 0.984 bits per heavy atom. The second-order valence-electron chi connectivity index (χ2n) is 17.6. The third-order valence-corrected chi connectivity index (χ3v) is 14.6. The van der Waals surface area contributed by atoms with E-state index in [0.29, 0.717) is 47.2 Å². The number of aromatic nitrogens is 2. The minimum atomic E-state index is -4.35. The van der Waals surface area contributed by atoms with Crippen molar-refractivity contribution in [3.05, 3.63) is 125 Å². The number of hydrogen-bond donors (Lipinski definition) is 3. The largest absolute Gasteiger partial charge is 0.370 e. The number of H-pyrrole nitrogens is 1. The molecule has 13 nitrogen and oxygen atoms in total. The quantitative estimate of drug-likeness (QED) is 0.130. The second kappa shape index (κ2) is 15.6. The number of fused-ring (bicyclic) bond motifs is 2. The summed E-state index contributed by atoms with van der Waals surface area (Å²) in [6.07, 6.45) is 4.78. The van der Waals surface area contributed by atoms with E-state index in [-0.39, 0.29) is 42.3 Å². The van der Waals surface area contributed by atoms with Crippen LogP contribution in [0.4, 0.5) is 24.5 Å². The van der Waals surface area contributed by atoms with E-state index in [4.69, 9.17) is 0 Å². The summed E-state index contributed by atoms with van der Waals surface area (Å²) in [5.74, 6) is -3.78. The van der Waals surface area contributed by atoms with E-state index >= 15 is 8.78 Å². The van der Waals surface area contributed by atoms with Gasteiger partial charge in [-0.25, -0.2) is 18.2 Å². The molecule has 1 unspecified atom stereocenters. The summed E-state index contributed by atoms with van der Waals surface area (Å²) in [6.45, 7) is 8.85. The molecule has 63 heavy (non-hydrogen) atoms.